The molecule has 0 atom stereocenters. The third-order valence-electron chi connectivity index (χ3n) is 3.15. The van der Waals surface area contributed by atoms with E-state index in [1.165, 1.54) is 0 Å². The van der Waals surface area contributed by atoms with Crippen LogP contribution in [-0.2, 0) is 6.42 Å². The lowest BCUT2D eigenvalue weighted by Gasteiger charge is -2.03. The highest BCUT2D eigenvalue weighted by atomic mass is 16.4. The summed E-state index contributed by atoms with van der Waals surface area (Å²) in [7, 11) is 0. The Morgan fingerprint density at radius 2 is 1.95 bits per heavy atom. The number of imidazole rings is 1. The third-order valence-corrected chi connectivity index (χ3v) is 3.15. The minimum absolute atomic E-state index is 0.229. The molecule has 0 fully saturated rings. The number of aromatic hydroxyl groups is 1. The average Bonchev–Trinajstić information content (AvgIpc) is 2.84. The minimum Gasteiger partial charge on any atom is -0.508 e. The van der Waals surface area contributed by atoms with Gasteiger partial charge in [-0.15, -0.1) is 0 Å². The standard InChI is InChI=1S/C15H12N2O3/c18-13-3-1-10(2-4-13)7-14-16-9-12-8-11(15(19)20)5-6-17(12)14/h1-6,8-9,18H,7H2,(H,19,20). The second kappa shape index (κ2) is 4.70. The Morgan fingerprint density at radius 1 is 1.20 bits per heavy atom. The van der Waals surface area contributed by atoms with Gasteiger partial charge in [-0.3, -0.25) is 0 Å². The van der Waals surface area contributed by atoms with Crippen LogP contribution in [-0.4, -0.2) is 25.6 Å². The van der Waals surface area contributed by atoms with Crippen LogP contribution in [0.25, 0.3) is 5.52 Å². The molecule has 3 rings (SSSR count). The van der Waals surface area contributed by atoms with Crippen LogP contribution in [0, 0.1) is 0 Å². The summed E-state index contributed by atoms with van der Waals surface area (Å²) in [6.45, 7) is 0. The molecule has 0 aliphatic rings. The van der Waals surface area contributed by atoms with Gasteiger partial charge < -0.3 is 14.6 Å². The molecule has 5 nitrogen and oxygen atoms in total. The Morgan fingerprint density at radius 3 is 2.65 bits per heavy atom. The van der Waals surface area contributed by atoms with Crippen LogP contribution in [0.15, 0.2) is 48.8 Å². The van der Waals surface area contributed by atoms with Gasteiger partial charge in [-0.05, 0) is 29.8 Å². The molecule has 0 saturated carbocycles. The molecule has 0 bridgehead atoms. The Hall–Kier alpha value is -2.82. The first-order valence-corrected chi connectivity index (χ1v) is 6.11. The predicted octanol–water partition coefficient (Wildman–Crippen LogP) is 2.33. The number of hydrogen-bond acceptors (Lipinski definition) is 3. The van der Waals surface area contributed by atoms with Crippen molar-refractivity contribution in [3.63, 3.8) is 0 Å². The fourth-order valence-corrected chi connectivity index (χ4v) is 2.12. The van der Waals surface area contributed by atoms with Crippen LogP contribution in [0.1, 0.15) is 21.7 Å². The lowest BCUT2D eigenvalue weighted by Crippen LogP contribution is -2.00. The number of pyridine rings is 1. The van der Waals surface area contributed by atoms with Crippen LogP contribution in [0.3, 0.4) is 0 Å². The van der Waals surface area contributed by atoms with Gasteiger partial charge >= 0.3 is 5.97 Å². The van der Waals surface area contributed by atoms with Gasteiger partial charge in [0.15, 0.2) is 0 Å². The molecule has 1 aromatic carbocycles. The summed E-state index contributed by atoms with van der Waals surface area (Å²) in [6, 6.07) is 10.1. The van der Waals surface area contributed by atoms with E-state index in [1.807, 2.05) is 16.5 Å². The number of benzene rings is 1. The summed E-state index contributed by atoms with van der Waals surface area (Å²) in [5, 5.41) is 18.2. The summed E-state index contributed by atoms with van der Waals surface area (Å²) >= 11 is 0. The first kappa shape index (κ1) is 12.2. The fraction of sp³-hybridized carbons (Fsp3) is 0.0667. The highest BCUT2D eigenvalue weighted by Crippen LogP contribution is 2.15. The number of nitrogens with zero attached hydrogens (tertiary/aromatic N) is 2. The van der Waals surface area contributed by atoms with Crippen LogP contribution >= 0.6 is 0 Å². The molecule has 0 spiro atoms. The summed E-state index contributed by atoms with van der Waals surface area (Å²) in [5.41, 5.74) is 2.02. The first-order valence-electron chi connectivity index (χ1n) is 6.11. The molecule has 3 aromatic rings. The smallest absolute Gasteiger partial charge is 0.335 e. The highest BCUT2D eigenvalue weighted by Gasteiger charge is 2.08. The van der Waals surface area contributed by atoms with Crippen molar-refractivity contribution in [1.29, 1.82) is 0 Å². The van der Waals surface area contributed by atoms with Crippen molar-refractivity contribution < 1.29 is 15.0 Å². The van der Waals surface area contributed by atoms with Crippen LogP contribution in [0.5, 0.6) is 5.75 Å². The number of hydrogen-bond donors (Lipinski definition) is 2. The Balaban J connectivity index is 1.96. The Kier molecular flexibility index (Phi) is 2.87. The van der Waals surface area contributed by atoms with Crippen LogP contribution in [0.4, 0.5) is 0 Å². The van der Waals surface area contributed by atoms with E-state index < -0.39 is 5.97 Å². The van der Waals surface area contributed by atoms with Crippen LogP contribution in [0.2, 0.25) is 0 Å². The number of carboxylic acid groups (broad SMARTS) is 1. The molecule has 0 radical (unpaired) electrons. The molecule has 0 aliphatic heterocycles. The monoisotopic (exact) mass is 268 g/mol. The molecule has 0 unspecified atom stereocenters. The van der Waals surface area contributed by atoms with Crippen molar-refractivity contribution in [3.8, 4) is 5.75 Å². The van der Waals surface area contributed by atoms with Gasteiger partial charge in [0.05, 0.1) is 17.3 Å². The maximum atomic E-state index is 10.9. The normalized spacial score (nSPS) is 10.8. The van der Waals surface area contributed by atoms with Crippen molar-refractivity contribution in [3.05, 3.63) is 65.7 Å². The number of phenolic OH excluding ortho intramolecular Hbond substituents is 1. The van der Waals surface area contributed by atoms with E-state index in [-0.39, 0.29) is 11.3 Å². The van der Waals surface area contributed by atoms with Crippen molar-refractivity contribution in [1.82, 2.24) is 9.38 Å². The number of rotatable bonds is 3. The molecule has 2 aromatic heterocycles. The van der Waals surface area contributed by atoms with E-state index in [1.54, 1.807) is 36.7 Å². The third kappa shape index (κ3) is 2.21. The number of aromatic carboxylic acids is 1. The largest absolute Gasteiger partial charge is 0.508 e. The van der Waals surface area contributed by atoms with E-state index >= 15 is 0 Å². The second-order valence-electron chi connectivity index (χ2n) is 4.53. The van der Waals surface area contributed by atoms with Gasteiger partial charge in [-0.25, -0.2) is 9.78 Å². The molecule has 0 amide bonds. The molecule has 100 valence electrons. The number of fused-ring (bicyclic) bond motifs is 1. The maximum absolute atomic E-state index is 10.9. The van der Waals surface area contributed by atoms with Gasteiger partial charge in [-0.1, -0.05) is 12.1 Å². The van der Waals surface area contributed by atoms with Gasteiger partial charge in [0.1, 0.15) is 11.6 Å². The fourth-order valence-electron chi connectivity index (χ4n) is 2.12. The minimum atomic E-state index is -0.950. The number of carboxylic acids is 1. The van der Waals surface area contributed by atoms with Crippen molar-refractivity contribution >= 4 is 11.5 Å². The summed E-state index contributed by atoms with van der Waals surface area (Å²) in [5.74, 6) is 0.101. The van der Waals surface area contributed by atoms with Gasteiger partial charge in [0.25, 0.3) is 0 Å². The van der Waals surface area contributed by atoms with Crippen molar-refractivity contribution in [2.75, 3.05) is 0 Å². The zero-order valence-electron chi connectivity index (χ0n) is 10.5. The van der Waals surface area contributed by atoms with Crippen molar-refractivity contribution in [2.24, 2.45) is 0 Å². The number of carbonyl (C=O) groups is 1. The Labute approximate surface area is 114 Å². The molecule has 5 heteroatoms. The first-order chi connectivity index (χ1) is 9.63. The Bertz CT molecular complexity index is 775. The molecule has 0 saturated heterocycles. The maximum Gasteiger partial charge on any atom is 0.335 e. The van der Waals surface area contributed by atoms with Gasteiger partial charge in [-0.2, -0.15) is 0 Å². The molecule has 0 aliphatic carbocycles. The zero-order valence-corrected chi connectivity index (χ0v) is 10.5. The number of aromatic nitrogens is 2. The SMILES string of the molecule is O=C(O)c1ccn2c(Cc3ccc(O)cc3)ncc2c1. The predicted molar refractivity (Wildman–Crippen MR) is 73.1 cm³/mol. The molecule has 2 heterocycles. The van der Waals surface area contributed by atoms with E-state index in [0.717, 1.165) is 16.9 Å². The van der Waals surface area contributed by atoms with Gasteiger partial charge in [0, 0.05) is 12.6 Å². The average molecular weight is 268 g/mol. The quantitative estimate of drug-likeness (QED) is 0.764. The van der Waals surface area contributed by atoms with E-state index in [4.69, 9.17) is 5.11 Å². The molecular formula is C15H12N2O3. The summed E-state index contributed by atoms with van der Waals surface area (Å²) in [4.78, 5) is 15.2. The second-order valence-corrected chi connectivity index (χ2v) is 4.53. The lowest BCUT2D eigenvalue weighted by molar-refractivity contribution is 0.0697. The van der Waals surface area contributed by atoms with E-state index in [2.05, 4.69) is 4.98 Å². The molecular weight excluding hydrogens is 256 g/mol. The molecule has 2 N–H and O–H groups in total. The summed E-state index contributed by atoms with van der Waals surface area (Å²) < 4.78 is 1.86. The van der Waals surface area contributed by atoms with E-state index in [9.17, 15) is 9.90 Å². The topological polar surface area (TPSA) is 74.8 Å². The van der Waals surface area contributed by atoms with Crippen molar-refractivity contribution in [2.45, 2.75) is 6.42 Å². The van der Waals surface area contributed by atoms with E-state index in [0.29, 0.717) is 6.42 Å². The highest BCUT2D eigenvalue weighted by molar-refractivity contribution is 5.88. The summed E-state index contributed by atoms with van der Waals surface area (Å²) in [6.07, 6.45) is 3.98. The van der Waals surface area contributed by atoms with Gasteiger partial charge in [0.2, 0.25) is 0 Å². The lowest BCUT2D eigenvalue weighted by atomic mass is 10.1. The number of phenols is 1. The zero-order chi connectivity index (χ0) is 14.1. The van der Waals surface area contributed by atoms with Crippen LogP contribution < -0.4 is 0 Å². The molecule has 20 heavy (non-hydrogen) atoms.